The molecule has 0 amide bonds. The van der Waals surface area contributed by atoms with E-state index in [9.17, 15) is 0 Å². The standard InChI is InChI=1S/C17H25N3/c1-4-11-18-17(15-8-6-5-7-9-15)14(2)13-16-10-12-20(3)19-16/h5-10,12,14,17-18H,4,11,13H2,1-3H3. The zero-order valence-electron chi connectivity index (χ0n) is 12.7. The Labute approximate surface area is 122 Å². The SMILES string of the molecule is CCCNC(c1ccccc1)C(C)Cc1ccn(C)n1. The van der Waals surface area contributed by atoms with E-state index in [1.807, 2.05) is 17.9 Å². The molecule has 108 valence electrons. The summed E-state index contributed by atoms with van der Waals surface area (Å²) in [4.78, 5) is 0. The summed E-state index contributed by atoms with van der Waals surface area (Å²) in [7, 11) is 1.97. The van der Waals surface area contributed by atoms with Gasteiger partial charge in [0.25, 0.3) is 0 Å². The van der Waals surface area contributed by atoms with Gasteiger partial charge in [-0.15, -0.1) is 0 Å². The molecule has 0 saturated carbocycles. The van der Waals surface area contributed by atoms with Gasteiger partial charge in [-0.2, -0.15) is 5.10 Å². The molecule has 3 heteroatoms. The lowest BCUT2D eigenvalue weighted by atomic mass is 9.90. The van der Waals surface area contributed by atoms with Crippen LogP contribution in [-0.2, 0) is 13.5 Å². The molecule has 0 bridgehead atoms. The van der Waals surface area contributed by atoms with Crippen molar-refractivity contribution in [3.63, 3.8) is 0 Å². The quantitative estimate of drug-likeness (QED) is 0.837. The Kier molecular flexibility index (Phi) is 5.36. The maximum Gasteiger partial charge on any atom is 0.0627 e. The van der Waals surface area contributed by atoms with Crippen LogP contribution in [0.4, 0.5) is 0 Å². The monoisotopic (exact) mass is 271 g/mol. The molecule has 0 radical (unpaired) electrons. The molecular weight excluding hydrogens is 246 g/mol. The van der Waals surface area contributed by atoms with Gasteiger partial charge in [-0.3, -0.25) is 4.68 Å². The van der Waals surface area contributed by atoms with Crippen LogP contribution >= 0.6 is 0 Å². The molecule has 0 spiro atoms. The van der Waals surface area contributed by atoms with Crippen LogP contribution in [0.3, 0.4) is 0 Å². The highest BCUT2D eigenvalue weighted by Gasteiger charge is 2.19. The van der Waals surface area contributed by atoms with Crippen molar-refractivity contribution in [2.24, 2.45) is 13.0 Å². The lowest BCUT2D eigenvalue weighted by Crippen LogP contribution is -2.28. The van der Waals surface area contributed by atoms with E-state index in [1.165, 1.54) is 11.3 Å². The number of nitrogens with one attached hydrogen (secondary N) is 1. The second-order valence-electron chi connectivity index (χ2n) is 5.50. The molecule has 1 aromatic heterocycles. The summed E-state index contributed by atoms with van der Waals surface area (Å²) in [5.74, 6) is 0.513. The molecule has 2 unspecified atom stereocenters. The number of hydrogen-bond acceptors (Lipinski definition) is 2. The fraction of sp³-hybridized carbons (Fsp3) is 0.471. The van der Waals surface area contributed by atoms with Crippen LogP contribution < -0.4 is 5.32 Å². The molecule has 1 aromatic carbocycles. The number of benzene rings is 1. The van der Waals surface area contributed by atoms with E-state index in [4.69, 9.17) is 0 Å². The highest BCUT2D eigenvalue weighted by atomic mass is 15.2. The van der Waals surface area contributed by atoms with Gasteiger partial charge in [0.15, 0.2) is 0 Å². The second kappa shape index (κ2) is 7.25. The van der Waals surface area contributed by atoms with Crippen molar-refractivity contribution in [3.8, 4) is 0 Å². The van der Waals surface area contributed by atoms with Crippen molar-refractivity contribution in [2.75, 3.05) is 6.54 Å². The van der Waals surface area contributed by atoms with Crippen molar-refractivity contribution in [2.45, 2.75) is 32.7 Å². The van der Waals surface area contributed by atoms with Crippen LogP contribution in [0.2, 0.25) is 0 Å². The number of rotatable bonds is 7. The molecule has 2 atom stereocenters. The molecule has 2 aromatic rings. The molecule has 0 aliphatic carbocycles. The van der Waals surface area contributed by atoms with Gasteiger partial charge in [0.05, 0.1) is 5.69 Å². The van der Waals surface area contributed by atoms with Gasteiger partial charge in [-0.25, -0.2) is 0 Å². The summed E-state index contributed by atoms with van der Waals surface area (Å²) < 4.78 is 1.87. The van der Waals surface area contributed by atoms with E-state index >= 15 is 0 Å². The third-order valence-corrected chi connectivity index (χ3v) is 3.64. The Balaban J connectivity index is 2.09. The molecule has 0 fully saturated rings. The highest BCUT2D eigenvalue weighted by Crippen LogP contribution is 2.24. The fourth-order valence-corrected chi connectivity index (χ4v) is 2.63. The molecule has 3 nitrogen and oxygen atoms in total. The van der Waals surface area contributed by atoms with Crippen LogP contribution in [0.15, 0.2) is 42.6 Å². The summed E-state index contributed by atoms with van der Waals surface area (Å²) in [6.45, 7) is 5.56. The Bertz CT molecular complexity index is 504. The minimum atomic E-state index is 0.387. The topological polar surface area (TPSA) is 29.9 Å². The van der Waals surface area contributed by atoms with Crippen LogP contribution in [-0.4, -0.2) is 16.3 Å². The third kappa shape index (κ3) is 3.94. The molecule has 0 aliphatic heterocycles. The maximum atomic E-state index is 4.50. The van der Waals surface area contributed by atoms with Crippen LogP contribution in [0, 0.1) is 5.92 Å². The molecule has 20 heavy (non-hydrogen) atoms. The number of nitrogens with zero attached hydrogens (tertiary/aromatic N) is 2. The largest absolute Gasteiger partial charge is 0.310 e. The van der Waals surface area contributed by atoms with Gasteiger partial charge in [0, 0.05) is 19.3 Å². The molecule has 0 saturated heterocycles. The van der Waals surface area contributed by atoms with Gasteiger partial charge in [0.2, 0.25) is 0 Å². The van der Waals surface area contributed by atoms with Gasteiger partial charge in [-0.05, 0) is 36.9 Å². The number of aromatic nitrogens is 2. The smallest absolute Gasteiger partial charge is 0.0627 e. The van der Waals surface area contributed by atoms with Crippen molar-refractivity contribution in [3.05, 3.63) is 53.9 Å². The Morgan fingerprint density at radius 1 is 1.20 bits per heavy atom. The first-order valence-corrected chi connectivity index (χ1v) is 7.47. The highest BCUT2D eigenvalue weighted by molar-refractivity contribution is 5.20. The Morgan fingerprint density at radius 3 is 2.55 bits per heavy atom. The van der Waals surface area contributed by atoms with Crippen LogP contribution in [0.25, 0.3) is 0 Å². The number of hydrogen-bond donors (Lipinski definition) is 1. The van der Waals surface area contributed by atoms with Crippen molar-refractivity contribution >= 4 is 0 Å². The van der Waals surface area contributed by atoms with Gasteiger partial charge in [-0.1, -0.05) is 44.2 Å². The summed E-state index contributed by atoms with van der Waals surface area (Å²) in [5, 5.41) is 8.17. The van der Waals surface area contributed by atoms with Crippen molar-refractivity contribution in [1.82, 2.24) is 15.1 Å². The average molecular weight is 271 g/mol. The van der Waals surface area contributed by atoms with E-state index in [0.717, 1.165) is 19.4 Å². The summed E-state index contributed by atoms with van der Waals surface area (Å²) >= 11 is 0. The average Bonchev–Trinajstić information content (AvgIpc) is 2.86. The Hall–Kier alpha value is -1.61. The molecular formula is C17H25N3. The maximum absolute atomic E-state index is 4.50. The zero-order chi connectivity index (χ0) is 14.4. The zero-order valence-corrected chi connectivity index (χ0v) is 12.7. The van der Waals surface area contributed by atoms with E-state index in [-0.39, 0.29) is 0 Å². The predicted molar refractivity (Wildman–Crippen MR) is 83.6 cm³/mol. The molecule has 2 rings (SSSR count). The van der Waals surface area contributed by atoms with Crippen LogP contribution in [0.5, 0.6) is 0 Å². The van der Waals surface area contributed by atoms with Crippen molar-refractivity contribution in [1.29, 1.82) is 0 Å². The van der Waals surface area contributed by atoms with Gasteiger partial charge < -0.3 is 5.32 Å². The number of aryl methyl sites for hydroxylation is 1. The molecule has 1 heterocycles. The van der Waals surface area contributed by atoms with E-state index in [0.29, 0.717) is 12.0 Å². The summed E-state index contributed by atoms with van der Waals surface area (Å²) in [6, 6.07) is 13.2. The van der Waals surface area contributed by atoms with Gasteiger partial charge >= 0.3 is 0 Å². The van der Waals surface area contributed by atoms with E-state index < -0.39 is 0 Å². The first-order valence-electron chi connectivity index (χ1n) is 7.47. The van der Waals surface area contributed by atoms with E-state index in [2.05, 4.69) is 60.7 Å². The fourth-order valence-electron chi connectivity index (χ4n) is 2.63. The predicted octanol–water partition coefficient (Wildman–Crippen LogP) is 3.34. The normalized spacial score (nSPS) is 14.2. The van der Waals surface area contributed by atoms with Crippen molar-refractivity contribution < 1.29 is 0 Å². The third-order valence-electron chi connectivity index (χ3n) is 3.64. The first kappa shape index (κ1) is 14.8. The Morgan fingerprint density at radius 2 is 1.95 bits per heavy atom. The minimum absolute atomic E-state index is 0.387. The molecule has 1 N–H and O–H groups in total. The van der Waals surface area contributed by atoms with Gasteiger partial charge in [0.1, 0.15) is 0 Å². The van der Waals surface area contributed by atoms with Crippen LogP contribution in [0.1, 0.15) is 37.6 Å². The lowest BCUT2D eigenvalue weighted by molar-refractivity contribution is 0.381. The summed E-state index contributed by atoms with van der Waals surface area (Å²) in [5.41, 5.74) is 2.53. The lowest BCUT2D eigenvalue weighted by Gasteiger charge is -2.25. The summed E-state index contributed by atoms with van der Waals surface area (Å²) in [6.07, 6.45) is 4.16. The molecule has 0 aliphatic rings. The van der Waals surface area contributed by atoms with E-state index in [1.54, 1.807) is 0 Å². The second-order valence-corrected chi connectivity index (χ2v) is 5.50. The first-order chi connectivity index (χ1) is 9.70. The minimum Gasteiger partial charge on any atom is -0.310 e.